The average molecular weight is 266 g/mol. The molecule has 0 spiro atoms. The average Bonchev–Trinajstić information content (AvgIpc) is 2.40. The first-order valence-electron chi connectivity index (χ1n) is 6.19. The van der Waals surface area contributed by atoms with Crippen molar-refractivity contribution in [2.45, 2.75) is 20.3 Å². The summed E-state index contributed by atoms with van der Waals surface area (Å²) in [5.74, 6) is -0.911. The number of carbonyl (C=O) groups is 2. The Morgan fingerprint density at radius 1 is 1.42 bits per heavy atom. The first kappa shape index (κ1) is 14.9. The van der Waals surface area contributed by atoms with E-state index in [0.29, 0.717) is 18.7 Å². The molecule has 0 aliphatic carbocycles. The van der Waals surface area contributed by atoms with Crippen LogP contribution in [0.25, 0.3) is 0 Å². The summed E-state index contributed by atoms with van der Waals surface area (Å²) in [5.41, 5.74) is 0.358. The highest BCUT2D eigenvalue weighted by atomic mass is 16.5. The molecule has 0 aliphatic heterocycles. The van der Waals surface area contributed by atoms with Crippen LogP contribution in [0.3, 0.4) is 0 Å². The van der Waals surface area contributed by atoms with Gasteiger partial charge < -0.3 is 14.7 Å². The Balaban J connectivity index is 2.87. The third-order valence-corrected chi connectivity index (χ3v) is 2.55. The van der Waals surface area contributed by atoms with Crippen LogP contribution >= 0.6 is 0 Å². The maximum Gasteiger partial charge on any atom is 0.305 e. The van der Waals surface area contributed by atoms with Gasteiger partial charge in [-0.3, -0.25) is 9.59 Å². The van der Waals surface area contributed by atoms with Crippen LogP contribution in [0.1, 0.15) is 30.6 Å². The summed E-state index contributed by atoms with van der Waals surface area (Å²) < 4.78 is 5.30. The summed E-state index contributed by atoms with van der Waals surface area (Å²) in [5, 5.41) is 8.67. The summed E-state index contributed by atoms with van der Waals surface area (Å²) in [6, 6.07) is 3.28. The van der Waals surface area contributed by atoms with E-state index in [4.69, 9.17) is 9.84 Å². The van der Waals surface area contributed by atoms with E-state index in [1.165, 1.54) is 4.90 Å². The van der Waals surface area contributed by atoms with Gasteiger partial charge in [0.2, 0.25) is 5.88 Å². The predicted octanol–water partition coefficient (Wildman–Crippen LogP) is 1.42. The lowest BCUT2D eigenvalue weighted by Gasteiger charge is -2.20. The van der Waals surface area contributed by atoms with Gasteiger partial charge in [-0.1, -0.05) is 0 Å². The van der Waals surface area contributed by atoms with E-state index < -0.39 is 5.97 Å². The van der Waals surface area contributed by atoms with Gasteiger partial charge in [-0.15, -0.1) is 0 Å². The predicted molar refractivity (Wildman–Crippen MR) is 69.2 cm³/mol. The van der Waals surface area contributed by atoms with Crippen LogP contribution in [-0.2, 0) is 4.79 Å². The van der Waals surface area contributed by atoms with Gasteiger partial charge in [0, 0.05) is 19.3 Å². The first-order valence-corrected chi connectivity index (χ1v) is 6.19. The maximum atomic E-state index is 12.3. The molecule has 6 heteroatoms. The van der Waals surface area contributed by atoms with Crippen LogP contribution < -0.4 is 4.74 Å². The van der Waals surface area contributed by atoms with E-state index in [1.54, 1.807) is 25.3 Å². The molecule has 1 N–H and O–H groups in total. The minimum absolute atomic E-state index is 0.0796. The molecule has 0 saturated heterocycles. The molecule has 1 aromatic heterocycles. The Morgan fingerprint density at radius 3 is 2.74 bits per heavy atom. The van der Waals surface area contributed by atoms with Crippen LogP contribution in [0.4, 0.5) is 0 Å². The van der Waals surface area contributed by atoms with Gasteiger partial charge in [0.1, 0.15) is 5.56 Å². The number of aromatic nitrogens is 1. The molecule has 1 heterocycles. The Bertz CT molecular complexity index is 448. The number of hydrogen-bond donors (Lipinski definition) is 1. The SMILES string of the molecule is CCOc1ncccc1C(=O)N(CC)CCC(=O)O. The Labute approximate surface area is 112 Å². The van der Waals surface area contributed by atoms with Gasteiger partial charge in [-0.05, 0) is 26.0 Å². The van der Waals surface area contributed by atoms with Gasteiger partial charge >= 0.3 is 5.97 Å². The molecule has 0 fully saturated rings. The molecule has 0 unspecified atom stereocenters. The van der Waals surface area contributed by atoms with E-state index in [2.05, 4.69) is 4.98 Å². The second-order valence-corrected chi connectivity index (χ2v) is 3.82. The molecule has 0 radical (unpaired) electrons. The molecule has 1 rings (SSSR count). The summed E-state index contributed by atoms with van der Waals surface area (Å²) >= 11 is 0. The Morgan fingerprint density at radius 2 is 2.16 bits per heavy atom. The molecular weight excluding hydrogens is 248 g/mol. The number of carboxylic acids is 1. The van der Waals surface area contributed by atoms with Crippen molar-refractivity contribution in [2.24, 2.45) is 0 Å². The topological polar surface area (TPSA) is 79.7 Å². The van der Waals surface area contributed by atoms with E-state index in [1.807, 2.05) is 6.92 Å². The number of carbonyl (C=O) groups excluding carboxylic acids is 1. The third kappa shape index (κ3) is 4.24. The number of carboxylic acid groups (broad SMARTS) is 1. The smallest absolute Gasteiger partial charge is 0.305 e. The number of ether oxygens (including phenoxy) is 1. The van der Waals surface area contributed by atoms with Crippen LogP contribution in [0.2, 0.25) is 0 Å². The minimum atomic E-state index is -0.928. The number of pyridine rings is 1. The first-order chi connectivity index (χ1) is 9.10. The molecule has 6 nitrogen and oxygen atoms in total. The molecule has 0 aliphatic rings. The van der Waals surface area contributed by atoms with Crippen LogP contribution in [0.15, 0.2) is 18.3 Å². The molecule has 1 amide bonds. The normalized spacial score (nSPS) is 10.0. The highest BCUT2D eigenvalue weighted by Gasteiger charge is 2.19. The highest BCUT2D eigenvalue weighted by molar-refractivity contribution is 5.96. The number of rotatable bonds is 7. The Hall–Kier alpha value is -2.11. The van der Waals surface area contributed by atoms with E-state index in [9.17, 15) is 9.59 Å². The zero-order valence-electron chi connectivity index (χ0n) is 11.1. The Kier molecular flexibility index (Phi) is 5.78. The van der Waals surface area contributed by atoms with Crippen molar-refractivity contribution in [1.29, 1.82) is 0 Å². The van der Waals surface area contributed by atoms with Gasteiger partial charge in [-0.2, -0.15) is 0 Å². The summed E-state index contributed by atoms with van der Waals surface area (Å²) in [6.45, 7) is 4.64. The molecular formula is C13H18N2O4. The molecule has 1 aromatic rings. The van der Waals surface area contributed by atoms with Gasteiger partial charge in [-0.25, -0.2) is 4.98 Å². The third-order valence-electron chi connectivity index (χ3n) is 2.55. The lowest BCUT2D eigenvalue weighted by atomic mass is 10.2. The van der Waals surface area contributed by atoms with Crippen molar-refractivity contribution >= 4 is 11.9 Å². The lowest BCUT2D eigenvalue weighted by molar-refractivity contribution is -0.137. The fourth-order valence-corrected chi connectivity index (χ4v) is 1.61. The fraction of sp³-hybridized carbons (Fsp3) is 0.462. The number of nitrogens with zero attached hydrogens (tertiary/aromatic N) is 2. The number of aliphatic carboxylic acids is 1. The largest absolute Gasteiger partial charge is 0.481 e. The molecule has 0 atom stereocenters. The number of hydrogen-bond acceptors (Lipinski definition) is 4. The van der Waals surface area contributed by atoms with Gasteiger partial charge in [0.15, 0.2) is 0 Å². The quantitative estimate of drug-likeness (QED) is 0.807. The fourth-order valence-electron chi connectivity index (χ4n) is 1.61. The molecule has 104 valence electrons. The molecule has 0 bridgehead atoms. The monoisotopic (exact) mass is 266 g/mol. The summed E-state index contributed by atoms with van der Waals surface area (Å²) in [6.07, 6.45) is 1.47. The zero-order chi connectivity index (χ0) is 14.3. The lowest BCUT2D eigenvalue weighted by Crippen LogP contribution is -2.33. The zero-order valence-corrected chi connectivity index (χ0v) is 11.1. The molecule has 0 aromatic carbocycles. The van der Waals surface area contributed by atoms with Gasteiger partial charge in [0.05, 0.1) is 13.0 Å². The summed E-state index contributed by atoms with van der Waals surface area (Å²) in [7, 11) is 0. The molecule has 0 saturated carbocycles. The van der Waals surface area contributed by atoms with E-state index >= 15 is 0 Å². The van der Waals surface area contributed by atoms with Crippen LogP contribution in [0.5, 0.6) is 5.88 Å². The maximum absolute atomic E-state index is 12.3. The van der Waals surface area contributed by atoms with Crippen molar-refractivity contribution in [1.82, 2.24) is 9.88 Å². The van der Waals surface area contributed by atoms with Crippen LogP contribution in [-0.4, -0.2) is 46.6 Å². The van der Waals surface area contributed by atoms with Crippen molar-refractivity contribution in [3.63, 3.8) is 0 Å². The van der Waals surface area contributed by atoms with E-state index in [-0.39, 0.29) is 24.8 Å². The standard InChI is InChI=1S/C13H18N2O4/c1-3-15(9-7-11(16)17)13(18)10-6-5-8-14-12(10)19-4-2/h5-6,8H,3-4,7,9H2,1-2H3,(H,16,17). The second kappa shape index (κ2) is 7.35. The molecule has 19 heavy (non-hydrogen) atoms. The van der Waals surface area contributed by atoms with Crippen molar-refractivity contribution in [2.75, 3.05) is 19.7 Å². The summed E-state index contributed by atoms with van der Waals surface area (Å²) in [4.78, 5) is 28.4. The van der Waals surface area contributed by atoms with Crippen molar-refractivity contribution in [3.05, 3.63) is 23.9 Å². The van der Waals surface area contributed by atoms with Crippen LogP contribution in [0, 0.1) is 0 Å². The van der Waals surface area contributed by atoms with Gasteiger partial charge in [0.25, 0.3) is 5.91 Å². The minimum Gasteiger partial charge on any atom is -0.481 e. The highest BCUT2D eigenvalue weighted by Crippen LogP contribution is 2.16. The van der Waals surface area contributed by atoms with Crippen molar-refractivity contribution < 1.29 is 19.4 Å². The second-order valence-electron chi connectivity index (χ2n) is 3.82. The van der Waals surface area contributed by atoms with E-state index in [0.717, 1.165) is 0 Å². The number of amides is 1. The van der Waals surface area contributed by atoms with Crippen molar-refractivity contribution in [3.8, 4) is 5.88 Å².